The molecule has 4 nitrogen and oxygen atoms in total. The Morgan fingerprint density at radius 3 is 2.32 bits per heavy atom. The zero-order chi connectivity index (χ0) is 14.7. The van der Waals surface area contributed by atoms with Crippen LogP contribution >= 0.6 is 0 Å². The van der Waals surface area contributed by atoms with E-state index in [1.165, 1.54) is 7.11 Å². The number of methoxy groups -OCH3 is 1. The fourth-order valence-electron chi connectivity index (χ4n) is 2.56. The Hall–Kier alpha value is -0.610. The minimum absolute atomic E-state index is 0.0869. The average Bonchev–Trinajstić information content (AvgIpc) is 3.21. The maximum absolute atomic E-state index is 12.3. The molecule has 1 saturated carbocycles. The second-order valence-electron chi connectivity index (χ2n) is 6.29. The third-order valence-corrected chi connectivity index (χ3v) is 4.70. The number of hydrogen-bond donors (Lipinski definition) is 1. The standard InChI is InChI=1S/C15H30N2O2/c1-7-14(3,4)17(5)11-15(16-8-2,12-9-10-12)13(18)19-6/h12,16H,7-11H2,1-6H3. The summed E-state index contributed by atoms with van der Waals surface area (Å²) in [6, 6.07) is 0. The van der Waals surface area contributed by atoms with E-state index in [1.54, 1.807) is 0 Å². The van der Waals surface area contributed by atoms with Crippen LogP contribution in [0.25, 0.3) is 0 Å². The molecule has 0 radical (unpaired) electrons. The van der Waals surface area contributed by atoms with Crippen LogP contribution in [0.4, 0.5) is 0 Å². The molecule has 0 aromatic heterocycles. The second kappa shape index (κ2) is 6.23. The molecule has 0 amide bonds. The van der Waals surface area contributed by atoms with Gasteiger partial charge in [0.25, 0.3) is 0 Å². The molecule has 0 heterocycles. The minimum atomic E-state index is -0.537. The Morgan fingerprint density at radius 1 is 1.37 bits per heavy atom. The number of nitrogens with zero attached hydrogens (tertiary/aromatic N) is 1. The van der Waals surface area contributed by atoms with E-state index in [0.29, 0.717) is 12.5 Å². The summed E-state index contributed by atoms with van der Waals surface area (Å²) in [6.45, 7) is 10.2. The van der Waals surface area contributed by atoms with Crippen molar-refractivity contribution in [1.29, 1.82) is 0 Å². The van der Waals surface area contributed by atoms with Gasteiger partial charge in [-0.15, -0.1) is 0 Å². The number of rotatable bonds is 8. The Bertz CT molecular complexity index is 313. The summed E-state index contributed by atoms with van der Waals surface area (Å²) in [5, 5.41) is 3.42. The first-order chi connectivity index (χ1) is 8.84. The predicted octanol–water partition coefficient (Wildman–Crippen LogP) is 2.04. The van der Waals surface area contributed by atoms with Gasteiger partial charge in [-0.25, -0.2) is 4.79 Å². The van der Waals surface area contributed by atoms with Crippen LogP contribution < -0.4 is 5.32 Å². The van der Waals surface area contributed by atoms with Gasteiger partial charge in [0.15, 0.2) is 0 Å². The molecule has 112 valence electrons. The molecule has 0 aliphatic heterocycles. The summed E-state index contributed by atoms with van der Waals surface area (Å²) in [6.07, 6.45) is 3.28. The number of likely N-dealkylation sites (N-methyl/N-ethyl adjacent to an activating group) is 2. The molecule has 0 saturated heterocycles. The molecule has 1 atom stereocenters. The number of ether oxygens (including phenoxy) is 1. The molecule has 1 unspecified atom stereocenters. The lowest BCUT2D eigenvalue weighted by molar-refractivity contribution is -0.151. The van der Waals surface area contributed by atoms with E-state index in [1.807, 2.05) is 6.92 Å². The van der Waals surface area contributed by atoms with Crippen molar-refractivity contribution in [2.45, 2.75) is 58.0 Å². The van der Waals surface area contributed by atoms with Crippen molar-refractivity contribution in [3.05, 3.63) is 0 Å². The monoisotopic (exact) mass is 270 g/mol. The summed E-state index contributed by atoms with van der Waals surface area (Å²) >= 11 is 0. The highest BCUT2D eigenvalue weighted by atomic mass is 16.5. The Morgan fingerprint density at radius 2 is 1.95 bits per heavy atom. The highest BCUT2D eigenvalue weighted by Gasteiger charge is 2.52. The van der Waals surface area contributed by atoms with Crippen LogP contribution in [0.1, 0.15) is 47.0 Å². The smallest absolute Gasteiger partial charge is 0.327 e. The fourth-order valence-corrected chi connectivity index (χ4v) is 2.56. The molecule has 0 spiro atoms. The van der Waals surface area contributed by atoms with E-state index < -0.39 is 5.54 Å². The number of nitrogens with one attached hydrogen (secondary N) is 1. The molecule has 1 rings (SSSR count). The number of hydrogen-bond acceptors (Lipinski definition) is 4. The maximum Gasteiger partial charge on any atom is 0.327 e. The van der Waals surface area contributed by atoms with Gasteiger partial charge in [-0.2, -0.15) is 0 Å². The Balaban J connectivity index is 2.93. The lowest BCUT2D eigenvalue weighted by Crippen LogP contribution is -2.63. The molecule has 1 N–H and O–H groups in total. The third-order valence-electron chi connectivity index (χ3n) is 4.70. The van der Waals surface area contributed by atoms with Crippen LogP contribution in [-0.4, -0.2) is 49.2 Å². The first kappa shape index (κ1) is 16.4. The third kappa shape index (κ3) is 3.48. The molecular formula is C15H30N2O2. The average molecular weight is 270 g/mol. The fraction of sp³-hybridized carbons (Fsp3) is 0.933. The Kier molecular flexibility index (Phi) is 5.39. The zero-order valence-electron chi connectivity index (χ0n) is 13.4. The SMILES string of the molecule is CCNC(CN(C)C(C)(C)CC)(C(=O)OC)C1CC1. The zero-order valence-corrected chi connectivity index (χ0v) is 13.4. The number of carbonyl (C=O) groups excluding carboxylic acids is 1. The molecule has 1 fully saturated rings. The normalized spacial score (nSPS) is 19.3. The van der Waals surface area contributed by atoms with Gasteiger partial charge in [-0.3, -0.25) is 4.90 Å². The van der Waals surface area contributed by atoms with Crippen LogP contribution in [0.3, 0.4) is 0 Å². The number of carbonyl (C=O) groups is 1. The first-order valence-corrected chi connectivity index (χ1v) is 7.38. The van der Waals surface area contributed by atoms with E-state index in [2.05, 4.69) is 38.0 Å². The quantitative estimate of drug-likeness (QED) is 0.685. The van der Waals surface area contributed by atoms with Crippen molar-refractivity contribution in [3.8, 4) is 0 Å². The van der Waals surface area contributed by atoms with Crippen molar-refractivity contribution in [1.82, 2.24) is 10.2 Å². The Labute approximate surface area is 117 Å². The van der Waals surface area contributed by atoms with E-state index in [0.717, 1.165) is 25.8 Å². The van der Waals surface area contributed by atoms with Crippen LogP contribution in [0, 0.1) is 5.92 Å². The van der Waals surface area contributed by atoms with E-state index in [9.17, 15) is 4.79 Å². The molecule has 0 bridgehead atoms. The molecule has 0 aromatic rings. The summed E-state index contributed by atoms with van der Waals surface area (Å²) in [7, 11) is 3.59. The predicted molar refractivity (Wildman–Crippen MR) is 78.1 cm³/mol. The molecule has 1 aliphatic rings. The highest BCUT2D eigenvalue weighted by Crippen LogP contribution is 2.41. The maximum atomic E-state index is 12.3. The molecule has 4 heteroatoms. The van der Waals surface area contributed by atoms with Crippen molar-refractivity contribution < 1.29 is 9.53 Å². The summed E-state index contributed by atoms with van der Waals surface area (Å²) in [5.41, 5.74) is -0.450. The molecule has 0 aromatic carbocycles. The van der Waals surface area contributed by atoms with Crippen LogP contribution in [-0.2, 0) is 9.53 Å². The van der Waals surface area contributed by atoms with Gasteiger partial charge in [0, 0.05) is 12.1 Å². The minimum Gasteiger partial charge on any atom is -0.468 e. The van der Waals surface area contributed by atoms with Gasteiger partial charge >= 0.3 is 5.97 Å². The van der Waals surface area contributed by atoms with Crippen molar-refractivity contribution in [2.24, 2.45) is 5.92 Å². The van der Waals surface area contributed by atoms with Crippen LogP contribution in [0.5, 0.6) is 0 Å². The highest BCUT2D eigenvalue weighted by molar-refractivity contribution is 5.82. The van der Waals surface area contributed by atoms with Crippen molar-refractivity contribution in [2.75, 3.05) is 27.2 Å². The van der Waals surface area contributed by atoms with Gasteiger partial charge < -0.3 is 10.1 Å². The van der Waals surface area contributed by atoms with Crippen LogP contribution in [0.2, 0.25) is 0 Å². The molecule has 19 heavy (non-hydrogen) atoms. The topological polar surface area (TPSA) is 41.6 Å². The summed E-state index contributed by atoms with van der Waals surface area (Å²) < 4.78 is 5.09. The molecular weight excluding hydrogens is 240 g/mol. The van der Waals surface area contributed by atoms with Gasteiger partial charge in [-0.05, 0) is 52.6 Å². The summed E-state index contributed by atoms with van der Waals surface area (Å²) in [4.78, 5) is 14.6. The van der Waals surface area contributed by atoms with Gasteiger partial charge in [0.05, 0.1) is 7.11 Å². The van der Waals surface area contributed by atoms with Crippen LogP contribution in [0.15, 0.2) is 0 Å². The lowest BCUT2D eigenvalue weighted by atomic mass is 9.89. The van der Waals surface area contributed by atoms with E-state index in [4.69, 9.17) is 4.74 Å². The van der Waals surface area contributed by atoms with Crippen molar-refractivity contribution in [3.63, 3.8) is 0 Å². The van der Waals surface area contributed by atoms with Gasteiger partial charge in [-0.1, -0.05) is 13.8 Å². The number of esters is 1. The molecule has 1 aliphatic carbocycles. The van der Waals surface area contributed by atoms with Crippen molar-refractivity contribution >= 4 is 5.97 Å². The largest absolute Gasteiger partial charge is 0.468 e. The lowest BCUT2D eigenvalue weighted by Gasteiger charge is -2.42. The van der Waals surface area contributed by atoms with Gasteiger partial charge in [0.2, 0.25) is 0 Å². The van der Waals surface area contributed by atoms with E-state index in [-0.39, 0.29) is 11.5 Å². The van der Waals surface area contributed by atoms with E-state index >= 15 is 0 Å². The first-order valence-electron chi connectivity index (χ1n) is 7.38. The summed E-state index contributed by atoms with van der Waals surface area (Å²) in [5.74, 6) is 0.297. The second-order valence-corrected chi connectivity index (χ2v) is 6.29. The van der Waals surface area contributed by atoms with Gasteiger partial charge in [0.1, 0.15) is 5.54 Å².